The maximum Gasteiger partial charge on any atom is 0.410 e. The third kappa shape index (κ3) is 4.07. The molecule has 1 aliphatic heterocycles. The van der Waals surface area contributed by atoms with Crippen LogP contribution in [-0.4, -0.2) is 47.5 Å². The maximum atomic E-state index is 13.4. The van der Waals surface area contributed by atoms with Gasteiger partial charge in [0.1, 0.15) is 5.60 Å². The molecule has 0 aromatic heterocycles. The van der Waals surface area contributed by atoms with E-state index in [1.807, 2.05) is 45.0 Å². The maximum absolute atomic E-state index is 13.4. The van der Waals surface area contributed by atoms with Crippen LogP contribution in [0, 0.1) is 29.1 Å². The van der Waals surface area contributed by atoms with Crippen molar-refractivity contribution in [3.63, 3.8) is 0 Å². The van der Waals surface area contributed by atoms with E-state index in [1.54, 1.807) is 4.90 Å². The third-order valence-electron chi connectivity index (χ3n) is 7.44. The van der Waals surface area contributed by atoms with Gasteiger partial charge in [0.15, 0.2) is 0 Å². The summed E-state index contributed by atoms with van der Waals surface area (Å²) in [7, 11) is 0. The number of rotatable bonds is 4. The standard InChI is InChI=1S/C25H30BrN3O4/c1-24(2,3)33-23(32)29-12-16(13-29)28-22(31)20-18-9-8-17(25(18)10-11-25)19(20)21(30)27-15-6-4-14(26)5-7-15/h4-9,16-20H,10-13H2,1-3H3,(H,27,30)(H,28,31)/t17-,18+,19+,20+/m0/s1. The molecule has 2 saturated carbocycles. The van der Waals surface area contributed by atoms with Gasteiger partial charge < -0.3 is 20.3 Å². The molecule has 3 amide bonds. The summed E-state index contributed by atoms with van der Waals surface area (Å²) in [6.07, 6.45) is 6.08. The first-order chi connectivity index (χ1) is 15.6. The molecule has 176 valence electrons. The van der Waals surface area contributed by atoms with E-state index in [2.05, 4.69) is 38.7 Å². The minimum atomic E-state index is -0.547. The van der Waals surface area contributed by atoms with Gasteiger partial charge in [-0.15, -0.1) is 0 Å². The largest absolute Gasteiger partial charge is 0.444 e. The lowest BCUT2D eigenvalue weighted by Gasteiger charge is -2.41. The van der Waals surface area contributed by atoms with E-state index in [-0.39, 0.29) is 53.0 Å². The van der Waals surface area contributed by atoms with E-state index < -0.39 is 5.60 Å². The van der Waals surface area contributed by atoms with Crippen LogP contribution in [0.1, 0.15) is 33.6 Å². The van der Waals surface area contributed by atoms with Crippen molar-refractivity contribution in [2.75, 3.05) is 18.4 Å². The zero-order chi connectivity index (χ0) is 23.5. The van der Waals surface area contributed by atoms with Gasteiger partial charge in [0.25, 0.3) is 0 Å². The number of carbonyl (C=O) groups is 3. The molecule has 0 unspecified atom stereocenters. The number of carbonyl (C=O) groups excluding carboxylic acids is 3. The summed E-state index contributed by atoms with van der Waals surface area (Å²) >= 11 is 3.41. The second-order valence-electron chi connectivity index (χ2n) is 10.8. The Bertz CT molecular complexity index is 1010. The Morgan fingerprint density at radius 1 is 1.00 bits per heavy atom. The van der Waals surface area contributed by atoms with Crippen molar-refractivity contribution in [2.45, 2.75) is 45.3 Å². The molecule has 3 aliphatic carbocycles. The van der Waals surface area contributed by atoms with Crippen molar-refractivity contribution in [1.29, 1.82) is 0 Å². The number of halogens is 1. The molecule has 2 bridgehead atoms. The molecule has 33 heavy (non-hydrogen) atoms. The zero-order valence-corrected chi connectivity index (χ0v) is 20.7. The third-order valence-corrected chi connectivity index (χ3v) is 7.97. The second kappa shape index (κ2) is 7.86. The van der Waals surface area contributed by atoms with Crippen molar-refractivity contribution < 1.29 is 19.1 Å². The Labute approximate surface area is 202 Å². The van der Waals surface area contributed by atoms with Crippen molar-refractivity contribution >= 4 is 39.5 Å². The van der Waals surface area contributed by atoms with Gasteiger partial charge in [-0.25, -0.2) is 4.79 Å². The molecule has 1 heterocycles. The Morgan fingerprint density at radius 2 is 1.58 bits per heavy atom. The molecule has 1 spiro atoms. The number of likely N-dealkylation sites (tertiary alicyclic amines) is 1. The fourth-order valence-electron chi connectivity index (χ4n) is 5.81. The lowest BCUT2D eigenvalue weighted by molar-refractivity contribution is -0.134. The van der Waals surface area contributed by atoms with Crippen LogP contribution in [0.3, 0.4) is 0 Å². The number of nitrogens with one attached hydrogen (secondary N) is 2. The molecule has 4 aliphatic rings. The molecule has 1 saturated heterocycles. The van der Waals surface area contributed by atoms with E-state index in [0.29, 0.717) is 13.1 Å². The minimum Gasteiger partial charge on any atom is -0.444 e. The summed E-state index contributed by atoms with van der Waals surface area (Å²) in [6, 6.07) is 7.36. The van der Waals surface area contributed by atoms with Gasteiger partial charge in [-0.05, 0) is 75.1 Å². The van der Waals surface area contributed by atoms with Crippen LogP contribution in [0.15, 0.2) is 40.9 Å². The summed E-state index contributed by atoms with van der Waals surface area (Å²) in [4.78, 5) is 40.5. The van der Waals surface area contributed by atoms with Gasteiger partial charge in [-0.2, -0.15) is 0 Å². The molecule has 1 aromatic carbocycles. The monoisotopic (exact) mass is 515 g/mol. The average molecular weight is 516 g/mol. The Balaban J connectivity index is 1.25. The first kappa shape index (κ1) is 22.4. The molecule has 7 nitrogen and oxygen atoms in total. The summed E-state index contributed by atoms with van der Waals surface area (Å²) < 4.78 is 6.34. The number of nitrogens with zero attached hydrogens (tertiary/aromatic N) is 1. The van der Waals surface area contributed by atoms with Crippen molar-refractivity contribution in [3.05, 3.63) is 40.9 Å². The van der Waals surface area contributed by atoms with Crippen LogP contribution >= 0.6 is 15.9 Å². The predicted molar refractivity (Wildman–Crippen MR) is 127 cm³/mol. The highest BCUT2D eigenvalue weighted by atomic mass is 79.9. The molecule has 8 heteroatoms. The van der Waals surface area contributed by atoms with Crippen LogP contribution < -0.4 is 10.6 Å². The Hall–Kier alpha value is -2.35. The normalized spacial score (nSPS) is 29.0. The number of benzene rings is 1. The summed E-state index contributed by atoms with van der Waals surface area (Å²) in [5.41, 5.74) is 0.256. The molecule has 1 aromatic rings. The van der Waals surface area contributed by atoms with E-state index >= 15 is 0 Å². The molecular weight excluding hydrogens is 486 g/mol. The number of allylic oxidation sites excluding steroid dienone is 2. The molecular formula is C25H30BrN3O4. The number of amides is 3. The first-order valence-electron chi connectivity index (χ1n) is 11.6. The topological polar surface area (TPSA) is 87.7 Å². The molecule has 0 radical (unpaired) electrons. The van der Waals surface area contributed by atoms with Gasteiger partial charge >= 0.3 is 6.09 Å². The average Bonchev–Trinajstić information content (AvgIpc) is 3.37. The number of hydrogen-bond donors (Lipinski definition) is 2. The van der Waals surface area contributed by atoms with E-state index in [0.717, 1.165) is 23.0 Å². The zero-order valence-electron chi connectivity index (χ0n) is 19.1. The fraction of sp³-hybridized carbons (Fsp3) is 0.560. The highest BCUT2D eigenvalue weighted by Gasteiger charge is 2.69. The van der Waals surface area contributed by atoms with Gasteiger partial charge in [0.05, 0.1) is 17.9 Å². The lowest BCUT2D eigenvalue weighted by Crippen LogP contribution is -2.62. The highest BCUT2D eigenvalue weighted by molar-refractivity contribution is 9.10. The van der Waals surface area contributed by atoms with Crippen LogP contribution in [-0.2, 0) is 14.3 Å². The quantitative estimate of drug-likeness (QED) is 0.594. The SMILES string of the molecule is CC(C)(C)OC(=O)N1CC(NC(=O)[C@H]2[C@H](C(=O)Nc3ccc(Br)cc3)[C@@H]3C=C[C@H]2C32CC2)C1. The van der Waals surface area contributed by atoms with Crippen LogP contribution in [0.2, 0.25) is 0 Å². The second-order valence-corrected chi connectivity index (χ2v) is 11.7. The Kier molecular flexibility index (Phi) is 5.34. The van der Waals surface area contributed by atoms with Gasteiger partial charge in [-0.1, -0.05) is 28.1 Å². The van der Waals surface area contributed by atoms with Crippen LogP contribution in [0.25, 0.3) is 0 Å². The molecule has 5 rings (SSSR count). The minimum absolute atomic E-state index is 0.0753. The van der Waals surface area contributed by atoms with Gasteiger partial charge in [-0.3, -0.25) is 9.59 Å². The predicted octanol–water partition coefficient (Wildman–Crippen LogP) is 3.95. The summed E-state index contributed by atoms with van der Waals surface area (Å²) in [6.45, 7) is 6.36. The van der Waals surface area contributed by atoms with Crippen molar-refractivity contribution in [2.24, 2.45) is 29.1 Å². The Morgan fingerprint density at radius 3 is 2.12 bits per heavy atom. The number of ether oxygens (including phenoxy) is 1. The van der Waals surface area contributed by atoms with Crippen LogP contribution in [0.5, 0.6) is 0 Å². The number of hydrogen-bond acceptors (Lipinski definition) is 4. The van der Waals surface area contributed by atoms with Gasteiger partial charge in [0.2, 0.25) is 11.8 Å². The summed E-state index contributed by atoms with van der Waals surface area (Å²) in [5, 5.41) is 6.13. The van der Waals surface area contributed by atoms with Crippen LogP contribution in [0.4, 0.5) is 10.5 Å². The van der Waals surface area contributed by atoms with Crippen molar-refractivity contribution in [3.8, 4) is 0 Å². The van der Waals surface area contributed by atoms with Gasteiger partial charge in [0, 0.05) is 23.2 Å². The molecule has 4 atom stereocenters. The molecule has 3 fully saturated rings. The highest BCUT2D eigenvalue weighted by Crippen LogP contribution is 2.72. The summed E-state index contributed by atoms with van der Waals surface area (Å²) in [5.74, 6) is -0.729. The number of anilines is 1. The first-order valence-corrected chi connectivity index (χ1v) is 12.4. The smallest absolute Gasteiger partial charge is 0.410 e. The van der Waals surface area contributed by atoms with E-state index in [1.165, 1.54) is 0 Å². The molecule has 2 N–H and O–H groups in total. The lowest BCUT2D eigenvalue weighted by atomic mass is 9.81. The van der Waals surface area contributed by atoms with Crippen molar-refractivity contribution in [1.82, 2.24) is 10.2 Å². The van der Waals surface area contributed by atoms with E-state index in [9.17, 15) is 14.4 Å². The fourth-order valence-corrected chi connectivity index (χ4v) is 6.08. The van der Waals surface area contributed by atoms with E-state index in [4.69, 9.17) is 4.74 Å².